The van der Waals surface area contributed by atoms with Crippen LogP contribution < -0.4 is 56.7 Å². The van der Waals surface area contributed by atoms with Gasteiger partial charge in [0.15, 0.2) is 10.3 Å². The molecular weight excluding hydrogens is 375 g/mol. The summed E-state index contributed by atoms with van der Waals surface area (Å²) in [5.41, 5.74) is -1.04. The van der Waals surface area contributed by atoms with Crippen LogP contribution in [0.2, 0.25) is 0 Å². The van der Waals surface area contributed by atoms with Crippen molar-refractivity contribution in [1.29, 1.82) is 0 Å². The number of benzene rings is 1. The van der Waals surface area contributed by atoms with Crippen LogP contribution in [0.15, 0.2) is 30.3 Å². The van der Waals surface area contributed by atoms with Crippen LogP contribution in [0, 0.1) is 0 Å². The van der Waals surface area contributed by atoms with E-state index in [0.29, 0.717) is 6.42 Å². The van der Waals surface area contributed by atoms with E-state index in [1.54, 1.807) is 24.3 Å². The number of carbonyl (C=O) groups is 2. The molecule has 132 valence electrons. The third-order valence-electron chi connectivity index (χ3n) is 3.60. The van der Waals surface area contributed by atoms with Gasteiger partial charge in [-0.05, 0) is 12.0 Å². The molecule has 2 amide bonds. The molecule has 1 heterocycles. The first-order chi connectivity index (χ1) is 11.3. The summed E-state index contributed by atoms with van der Waals surface area (Å²) in [6.07, 6.45) is 1.44. The molecule has 1 fully saturated rings. The van der Waals surface area contributed by atoms with Gasteiger partial charge in [-0.25, -0.2) is 12.7 Å². The van der Waals surface area contributed by atoms with Gasteiger partial charge in [-0.3, -0.25) is 9.59 Å². The van der Waals surface area contributed by atoms with Crippen molar-refractivity contribution in [3.8, 4) is 0 Å². The number of hydrogen-bond acceptors (Lipinski definition) is 6. The monoisotopic (exact) mass is 394 g/mol. The first kappa shape index (κ1) is 22.7. The summed E-state index contributed by atoms with van der Waals surface area (Å²) in [6, 6.07) is 8.86. The van der Waals surface area contributed by atoms with Crippen LogP contribution in [0.1, 0.15) is 25.3 Å². The van der Waals surface area contributed by atoms with Gasteiger partial charge in [0.2, 0.25) is 11.6 Å². The average molecular weight is 394 g/mol. The van der Waals surface area contributed by atoms with Crippen molar-refractivity contribution in [2.24, 2.45) is 0 Å². The minimum absolute atomic E-state index is 0. The van der Waals surface area contributed by atoms with Gasteiger partial charge in [0.1, 0.15) is 0 Å². The number of carbonyl (C=O) groups excluding carboxylic acids is 2. The van der Waals surface area contributed by atoms with E-state index >= 15 is 0 Å². The molecule has 1 aromatic carbocycles. The van der Waals surface area contributed by atoms with Crippen LogP contribution in [0.25, 0.3) is 0 Å². The fourth-order valence-electron chi connectivity index (χ4n) is 2.31. The van der Waals surface area contributed by atoms with Crippen molar-refractivity contribution in [2.75, 3.05) is 13.2 Å². The normalized spacial score (nSPS) is 19.8. The molecule has 0 radical (unpaired) electrons. The Bertz CT molecular complexity index is 712. The number of ether oxygens (including phenoxy) is 1. The maximum atomic E-state index is 12.2. The smallest absolute Gasteiger partial charge is 0.731 e. The van der Waals surface area contributed by atoms with Crippen LogP contribution in [0.5, 0.6) is 0 Å². The summed E-state index contributed by atoms with van der Waals surface area (Å²) in [4.78, 5) is 24.3. The zero-order chi connectivity index (χ0) is 17.8. The van der Waals surface area contributed by atoms with Gasteiger partial charge >= 0.3 is 51.4 Å². The van der Waals surface area contributed by atoms with E-state index in [1.807, 2.05) is 13.0 Å². The van der Waals surface area contributed by atoms with E-state index in [1.165, 1.54) is 0 Å². The summed E-state index contributed by atoms with van der Waals surface area (Å²) in [5.74, 6) is -1.55. The van der Waals surface area contributed by atoms with E-state index in [2.05, 4.69) is 5.32 Å². The van der Waals surface area contributed by atoms with Gasteiger partial charge in [0.05, 0.1) is 19.6 Å². The van der Waals surface area contributed by atoms with E-state index in [-0.39, 0.29) is 68.7 Å². The third kappa shape index (κ3) is 5.83. The molecule has 1 N–H and O–H groups in total. The summed E-state index contributed by atoms with van der Waals surface area (Å²) in [7, 11) is -4.91. The van der Waals surface area contributed by atoms with Gasteiger partial charge in [-0.15, -0.1) is 0 Å². The van der Waals surface area contributed by atoms with E-state index in [0.717, 1.165) is 12.0 Å². The molecule has 1 aliphatic rings. The van der Waals surface area contributed by atoms with Crippen LogP contribution in [0.4, 0.5) is 0 Å². The summed E-state index contributed by atoms with van der Waals surface area (Å²) < 4.78 is 38.6. The second kappa shape index (κ2) is 9.56. The van der Waals surface area contributed by atoms with Gasteiger partial charge in [0, 0.05) is 0 Å². The van der Waals surface area contributed by atoms with E-state index < -0.39 is 34.4 Å². The average Bonchev–Trinajstić information content (AvgIpc) is 2.51. The van der Waals surface area contributed by atoms with Crippen LogP contribution in [0.3, 0.4) is 0 Å². The molecular formula is C15H19KN2O6S. The Labute approximate surface area is 189 Å². The fraction of sp³-hybridized carbons (Fsp3) is 0.467. The number of nitrogens with zero attached hydrogens (tertiary/aromatic N) is 1. The second-order valence-corrected chi connectivity index (χ2v) is 6.81. The van der Waals surface area contributed by atoms with Gasteiger partial charge in [-0.2, -0.15) is 0 Å². The maximum Gasteiger partial charge on any atom is 1.00 e. The molecule has 0 spiro atoms. The van der Waals surface area contributed by atoms with Crippen molar-refractivity contribution in [3.63, 3.8) is 0 Å². The Morgan fingerprint density at radius 2 is 2.00 bits per heavy atom. The summed E-state index contributed by atoms with van der Waals surface area (Å²) >= 11 is 0. The first-order valence-electron chi connectivity index (χ1n) is 7.55. The molecule has 2 rings (SSSR count). The summed E-state index contributed by atoms with van der Waals surface area (Å²) in [5, 5.41) is 2.43. The van der Waals surface area contributed by atoms with Gasteiger partial charge in [-0.1, -0.05) is 43.7 Å². The molecule has 1 unspecified atom stereocenters. The molecule has 1 aromatic rings. The van der Waals surface area contributed by atoms with Crippen molar-refractivity contribution < 1.29 is 78.7 Å². The molecule has 0 saturated carbocycles. The Kier molecular flexibility index (Phi) is 8.68. The Morgan fingerprint density at radius 1 is 1.36 bits per heavy atom. The van der Waals surface area contributed by atoms with Crippen molar-refractivity contribution in [2.45, 2.75) is 31.9 Å². The molecule has 0 aromatic heterocycles. The Hall–Kier alpha value is -0.334. The standard InChI is InChI=1S/C15H20N2O6S.K/c1-2-3-9-23-15(11-17(14(15)19)24(20,21)22)16-13(18)10-12-7-5-4-6-8-12;/h4-8H,2-3,9-11H2,1H3,(H,16,18)(H,20,21,22);/q;+1/p-1. The van der Waals surface area contributed by atoms with Crippen molar-refractivity contribution >= 4 is 22.1 Å². The van der Waals surface area contributed by atoms with Gasteiger partial charge < -0.3 is 14.6 Å². The first-order valence-corrected chi connectivity index (χ1v) is 8.92. The number of hydrogen-bond donors (Lipinski definition) is 1. The minimum Gasteiger partial charge on any atom is -0.731 e. The second-order valence-electron chi connectivity index (χ2n) is 5.51. The van der Waals surface area contributed by atoms with Crippen LogP contribution in [-0.4, -0.2) is 48.0 Å². The molecule has 0 bridgehead atoms. The number of rotatable bonds is 8. The number of unbranched alkanes of at least 4 members (excludes halogenated alkanes) is 1. The van der Waals surface area contributed by atoms with Crippen molar-refractivity contribution in [3.05, 3.63) is 35.9 Å². The van der Waals surface area contributed by atoms with E-state index in [4.69, 9.17) is 4.74 Å². The zero-order valence-electron chi connectivity index (χ0n) is 14.2. The summed E-state index contributed by atoms with van der Waals surface area (Å²) in [6.45, 7) is 1.57. The molecule has 1 atom stereocenters. The maximum absolute atomic E-state index is 12.2. The minimum atomic E-state index is -4.91. The SMILES string of the molecule is CCCCOC1(NC(=O)Cc2ccccc2)CN(S(=O)(=O)[O-])C1=O.[K+]. The predicted octanol–water partition coefficient (Wildman–Crippen LogP) is -2.84. The molecule has 8 nitrogen and oxygen atoms in total. The number of nitrogens with one attached hydrogen (secondary N) is 1. The van der Waals surface area contributed by atoms with Crippen LogP contribution >= 0.6 is 0 Å². The molecule has 25 heavy (non-hydrogen) atoms. The Morgan fingerprint density at radius 3 is 2.52 bits per heavy atom. The quantitative estimate of drug-likeness (QED) is 0.167. The zero-order valence-corrected chi connectivity index (χ0v) is 18.2. The topological polar surface area (TPSA) is 116 Å². The molecule has 0 aliphatic carbocycles. The molecule has 1 saturated heterocycles. The van der Waals surface area contributed by atoms with Gasteiger partial charge in [0.25, 0.3) is 5.91 Å². The number of amides is 2. The molecule has 10 heteroatoms. The number of β-lactam (4-membered cyclic amide) rings is 1. The largest absolute Gasteiger partial charge is 1.00 e. The Balaban J connectivity index is 0.00000312. The molecule has 1 aliphatic heterocycles. The fourth-order valence-corrected chi connectivity index (χ4v) is 3.00. The van der Waals surface area contributed by atoms with E-state index in [9.17, 15) is 22.6 Å². The van der Waals surface area contributed by atoms with Crippen LogP contribution in [-0.2, 0) is 31.1 Å². The third-order valence-corrected chi connectivity index (χ3v) is 4.44. The predicted molar refractivity (Wildman–Crippen MR) is 83.3 cm³/mol. The van der Waals surface area contributed by atoms with Crippen molar-refractivity contribution in [1.82, 2.24) is 9.62 Å².